The SMILES string of the molecule is CCCC(=O)N(Cc1ccc(F)cc1)[C@H](C(=O)NCc1ccccn1)c1ccccc1. The first-order valence-corrected chi connectivity index (χ1v) is 10.3. The van der Waals surface area contributed by atoms with Gasteiger partial charge in [-0.1, -0.05) is 55.5 Å². The lowest BCUT2D eigenvalue weighted by Crippen LogP contribution is -2.43. The van der Waals surface area contributed by atoms with Gasteiger partial charge in [-0.2, -0.15) is 0 Å². The molecule has 1 N–H and O–H groups in total. The second-order valence-electron chi connectivity index (χ2n) is 7.25. The van der Waals surface area contributed by atoms with Crippen LogP contribution in [0.15, 0.2) is 79.0 Å². The van der Waals surface area contributed by atoms with Gasteiger partial charge in [0.25, 0.3) is 0 Å². The molecule has 2 aromatic carbocycles. The number of pyridine rings is 1. The van der Waals surface area contributed by atoms with Crippen molar-refractivity contribution < 1.29 is 14.0 Å². The number of halogens is 1. The van der Waals surface area contributed by atoms with Gasteiger partial charge < -0.3 is 10.2 Å². The van der Waals surface area contributed by atoms with Gasteiger partial charge >= 0.3 is 0 Å². The molecule has 6 heteroatoms. The maximum absolute atomic E-state index is 13.4. The van der Waals surface area contributed by atoms with Crippen LogP contribution in [0, 0.1) is 5.82 Å². The molecule has 0 spiro atoms. The first kappa shape index (κ1) is 22.2. The number of carbonyl (C=O) groups is 2. The monoisotopic (exact) mass is 419 g/mol. The van der Waals surface area contributed by atoms with Crippen molar-refractivity contribution in [3.63, 3.8) is 0 Å². The van der Waals surface area contributed by atoms with E-state index in [4.69, 9.17) is 0 Å². The summed E-state index contributed by atoms with van der Waals surface area (Å²) in [6.45, 7) is 2.39. The lowest BCUT2D eigenvalue weighted by Gasteiger charge is -2.31. The molecule has 0 aliphatic heterocycles. The highest BCUT2D eigenvalue weighted by molar-refractivity contribution is 5.88. The second kappa shape index (κ2) is 11.0. The number of benzene rings is 2. The average Bonchev–Trinajstić information content (AvgIpc) is 2.80. The quantitative estimate of drug-likeness (QED) is 0.559. The fraction of sp³-hybridized carbons (Fsp3) is 0.240. The number of hydrogen-bond acceptors (Lipinski definition) is 3. The molecule has 160 valence electrons. The Bertz CT molecular complexity index is 979. The van der Waals surface area contributed by atoms with Crippen molar-refractivity contribution >= 4 is 11.8 Å². The van der Waals surface area contributed by atoms with E-state index in [0.29, 0.717) is 18.4 Å². The van der Waals surface area contributed by atoms with E-state index in [1.807, 2.05) is 55.5 Å². The number of amides is 2. The zero-order chi connectivity index (χ0) is 22.1. The van der Waals surface area contributed by atoms with Crippen molar-refractivity contribution in [1.82, 2.24) is 15.2 Å². The molecule has 0 aliphatic carbocycles. The molecular formula is C25H26FN3O2. The van der Waals surface area contributed by atoms with Gasteiger partial charge in [0.15, 0.2) is 0 Å². The molecule has 5 nitrogen and oxygen atoms in total. The Balaban J connectivity index is 1.91. The van der Waals surface area contributed by atoms with Gasteiger partial charge in [0, 0.05) is 19.2 Å². The predicted molar refractivity (Wildman–Crippen MR) is 117 cm³/mol. The lowest BCUT2D eigenvalue weighted by atomic mass is 10.0. The molecule has 0 saturated carbocycles. The maximum atomic E-state index is 13.4. The molecule has 0 saturated heterocycles. The highest BCUT2D eigenvalue weighted by atomic mass is 19.1. The second-order valence-corrected chi connectivity index (χ2v) is 7.25. The zero-order valence-corrected chi connectivity index (χ0v) is 17.5. The molecular weight excluding hydrogens is 393 g/mol. The summed E-state index contributed by atoms with van der Waals surface area (Å²) in [4.78, 5) is 32.2. The summed E-state index contributed by atoms with van der Waals surface area (Å²) < 4.78 is 13.4. The Morgan fingerprint density at radius 2 is 1.71 bits per heavy atom. The minimum Gasteiger partial charge on any atom is -0.348 e. The molecule has 0 unspecified atom stereocenters. The Morgan fingerprint density at radius 1 is 1.00 bits per heavy atom. The standard InChI is InChI=1S/C25H26FN3O2/c1-2-8-23(30)29(18-19-12-14-21(26)15-13-19)24(20-9-4-3-5-10-20)25(31)28-17-22-11-6-7-16-27-22/h3-7,9-16,24H,2,8,17-18H2,1H3,(H,28,31)/t24-/m0/s1. The minimum atomic E-state index is -0.811. The van der Waals surface area contributed by atoms with Crippen LogP contribution in [-0.4, -0.2) is 21.7 Å². The van der Waals surface area contributed by atoms with Crippen LogP contribution in [0.25, 0.3) is 0 Å². The third-order valence-electron chi connectivity index (χ3n) is 4.90. The Hall–Kier alpha value is -3.54. The number of aromatic nitrogens is 1. The van der Waals surface area contributed by atoms with Crippen molar-refractivity contribution in [2.45, 2.75) is 38.9 Å². The molecule has 3 aromatic rings. The smallest absolute Gasteiger partial charge is 0.247 e. The number of rotatable bonds is 9. The molecule has 1 heterocycles. The Kier molecular flexibility index (Phi) is 7.87. The van der Waals surface area contributed by atoms with E-state index < -0.39 is 6.04 Å². The number of carbonyl (C=O) groups excluding carboxylic acids is 2. The molecule has 3 rings (SSSR count). The summed E-state index contributed by atoms with van der Waals surface area (Å²) in [5.41, 5.74) is 2.20. The van der Waals surface area contributed by atoms with Crippen LogP contribution >= 0.6 is 0 Å². The normalized spacial score (nSPS) is 11.5. The van der Waals surface area contributed by atoms with Crippen LogP contribution in [0.4, 0.5) is 4.39 Å². The summed E-state index contributed by atoms with van der Waals surface area (Å²) >= 11 is 0. The van der Waals surface area contributed by atoms with Crippen LogP contribution < -0.4 is 5.32 Å². The van der Waals surface area contributed by atoms with Gasteiger partial charge in [-0.05, 0) is 41.8 Å². The van der Waals surface area contributed by atoms with Crippen molar-refractivity contribution in [3.8, 4) is 0 Å². The van der Waals surface area contributed by atoms with E-state index in [9.17, 15) is 14.0 Å². The fourth-order valence-corrected chi connectivity index (χ4v) is 3.35. The zero-order valence-electron chi connectivity index (χ0n) is 17.5. The summed E-state index contributed by atoms with van der Waals surface area (Å²) in [5.74, 6) is -0.764. The summed E-state index contributed by atoms with van der Waals surface area (Å²) in [5, 5.41) is 2.91. The van der Waals surface area contributed by atoms with Crippen LogP contribution in [0.5, 0.6) is 0 Å². The van der Waals surface area contributed by atoms with E-state index >= 15 is 0 Å². The highest BCUT2D eigenvalue weighted by Crippen LogP contribution is 2.25. The maximum Gasteiger partial charge on any atom is 0.247 e. The van der Waals surface area contributed by atoms with Crippen LogP contribution in [0.2, 0.25) is 0 Å². The van der Waals surface area contributed by atoms with E-state index in [2.05, 4.69) is 10.3 Å². The van der Waals surface area contributed by atoms with E-state index in [-0.39, 0.29) is 30.7 Å². The topological polar surface area (TPSA) is 62.3 Å². The average molecular weight is 420 g/mol. The summed E-state index contributed by atoms with van der Waals surface area (Å²) in [6, 6.07) is 19.9. The summed E-state index contributed by atoms with van der Waals surface area (Å²) in [7, 11) is 0. The minimum absolute atomic E-state index is 0.131. The van der Waals surface area contributed by atoms with E-state index in [1.54, 1.807) is 23.2 Å². The van der Waals surface area contributed by atoms with Crippen molar-refractivity contribution in [2.75, 3.05) is 0 Å². The molecule has 2 amide bonds. The van der Waals surface area contributed by atoms with Crippen LogP contribution in [0.3, 0.4) is 0 Å². The number of nitrogens with zero attached hydrogens (tertiary/aromatic N) is 2. The van der Waals surface area contributed by atoms with Crippen molar-refractivity contribution in [3.05, 3.63) is 102 Å². The molecule has 0 radical (unpaired) electrons. The predicted octanol–water partition coefficient (Wildman–Crippen LogP) is 4.41. The van der Waals surface area contributed by atoms with Gasteiger partial charge in [0.05, 0.1) is 12.2 Å². The molecule has 0 bridgehead atoms. The van der Waals surface area contributed by atoms with E-state index in [1.165, 1.54) is 12.1 Å². The van der Waals surface area contributed by atoms with Crippen LogP contribution in [0.1, 0.15) is 42.6 Å². The Morgan fingerprint density at radius 3 is 2.35 bits per heavy atom. The van der Waals surface area contributed by atoms with Gasteiger partial charge in [-0.25, -0.2) is 4.39 Å². The third kappa shape index (κ3) is 6.22. The molecule has 0 aliphatic rings. The number of hydrogen-bond donors (Lipinski definition) is 1. The lowest BCUT2D eigenvalue weighted by molar-refractivity contribution is -0.141. The van der Waals surface area contributed by atoms with Gasteiger partial charge in [-0.15, -0.1) is 0 Å². The summed E-state index contributed by atoms with van der Waals surface area (Å²) in [6.07, 6.45) is 2.65. The van der Waals surface area contributed by atoms with Crippen molar-refractivity contribution in [2.24, 2.45) is 0 Å². The third-order valence-corrected chi connectivity index (χ3v) is 4.90. The first-order chi connectivity index (χ1) is 15.1. The van der Waals surface area contributed by atoms with Crippen LogP contribution in [-0.2, 0) is 22.7 Å². The van der Waals surface area contributed by atoms with E-state index in [0.717, 1.165) is 11.3 Å². The van der Waals surface area contributed by atoms with Gasteiger partial charge in [0.2, 0.25) is 11.8 Å². The van der Waals surface area contributed by atoms with Gasteiger partial charge in [-0.3, -0.25) is 14.6 Å². The van der Waals surface area contributed by atoms with Gasteiger partial charge in [0.1, 0.15) is 11.9 Å². The Labute approximate surface area is 181 Å². The molecule has 31 heavy (non-hydrogen) atoms. The fourth-order valence-electron chi connectivity index (χ4n) is 3.35. The number of nitrogens with one attached hydrogen (secondary N) is 1. The molecule has 0 fully saturated rings. The highest BCUT2D eigenvalue weighted by Gasteiger charge is 2.31. The molecule has 1 aromatic heterocycles. The van der Waals surface area contributed by atoms with Crippen molar-refractivity contribution in [1.29, 1.82) is 0 Å². The largest absolute Gasteiger partial charge is 0.348 e. The molecule has 1 atom stereocenters. The first-order valence-electron chi connectivity index (χ1n) is 10.3.